The Morgan fingerprint density at radius 3 is 2.08 bits per heavy atom. The first-order valence-corrected chi connectivity index (χ1v) is 10.2. The van der Waals surface area contributed by atoms with Crippen molar-refractivity contribution in [1.82, 2.24) is 10.2 Å². The number of hydrogen-bond acceptors (Lipinski definition) is 4. The largest absolute Gasteiger partial charge is 0.444 e. The minimum atomic E-state index is -0.722. The van der Waals surface area contributed by atoms with Gasteiger partial charge in [-0.2, -0.15) is 0 Å². The number of Topliss-reactive ketones (excluding diaryl/α,β-unsaturated/α-hetero) is 1. The van der Waals surface area contributed by atoms with Crippen LogP contribution in [0.25, 0.3) is 0 Å². The van der Waals surface area contributed by atoms with Crippen molar-refractivity contribution in [3.8, 4) is 0 Å². The number of ketones is 1. The van der Waals surface area contributed by atoms with Gasteiger partial charge in [0.2, 0.25) is 0 Å². The summed E-state index contributed by atoms with van der Waals surface area (Å²) in [5.74, 6) is 0.196. The maximum Gasteiger partial charge on any atom is 0.408 e. The van der Waals surface area contributed by atoms with Crippen LogP contribution in [0.1, 0.15) is 86.5 Å². The molecular weight excluding hydrogens is 328 g/mol. The van der Waals surface area contributed by atoms with Gasteiger partial charge in [0.25, 0.3) is 0 Å². The molecule has 1 N–H and O–H groups in total. The molecule has 5 heteroatoms. The standard InChI is InChI=1S/C21H38N2O3/c1-16(2)23-13-11-20(6,12-14-23)15-17(24)21(9-7-8-10-21)22-18(25)26-19(3,4)5/h16H,7-15H2,1-6H3,(H,22,25). The van der Waals surface area contributed by atoms with E-state index in [-0.39, 0.29) is 11.2 Å². The summed E-state index contributed by atoms with van der Waals surface area (Å²) in [6, 6.07) is 0.560. The first-order chi connectivity index (χ1) is 11.9. The van der Waals surface area contributed by atoms with Gasteiger partial charge in [0.15, 0.2) is 5.78 Å². The topological polar surface area (TPSA) is 58.6 Å². The van der Waals surface area contributed by atoms with Gasteiger partial charge < -0.3 is 15.0 Å². The zero-order valence-electron chi connectivity index (χ0n) is 17.6. The number of carbonyl (C=O) groups excluding carboxylic acids is 2. The number of rotatable bonds is 5. The van der Waals surface area contributed by atoms with Crippen molar-refractivity contribution in [3.63, 3.8) is 0 Å². The number of ether oxygens (including phenoxy) is 1. The Morgan fingerprint density at radius 2 is 1.62 bits per heavy atom. The van der Waals surface area contributed by atoms with Gasteiger partial charge in [-0.1, -0.05) is 19.8 Å². The number of amides is 1. The number of carbonyl (C=O) groups is 2. The molecule has 1 aliphatic heterocycles. The number of alkyl carbamates (subject to hydrolysis) is 1. The Balaban J connectivity index is 2.01. The van der Waals surface area contributed by atoms with E-state index in [4.69, 9.17) is 4.74 Å². The normalized spacial score (nSPS) is 23.0. The van der Waals surface area contributed by atoms with Gasteiger partial charge in [0.05, 0.1) is 0 Å². The van der Waals surface area contributed by atoms with Gasteiger partial charge in [-0.05, 0) is 78.8 Å². The molecule has 1 heterocycles. The zero-order chi connectivity index (χ0) is 19.6. The van der Waals surface area contributed by atoms with Gasteiger partial charge in [0, 0.05) is 12.5 Å². The molecule has 0 aromatic heterocycles. The van der Waals surface area contributed by atoms with Crippen LogP contribution in [-0.4, -0.2) is 47.0 Å². The molecule has 1 saturated carbocycles. The van der Waals surface area contributed by atoms with Crippen molar-refractivity contribution in [1.29, 1.82) is 0 Å². The lowest BCUT2D eigenvalue weighted by atomic mass is 9.72. The SMILES string of the molecule is CC(C)N1CCC(C)(CC(=O)C2(NC(=O)OC(C)(C)C)CCCC2)CC1. The van der Waals surface area contributed by atoms with Crippen LogP contribution < -0.4 is 5.32 Å². The maximum absolute atomic E-state index is 13.3. The Kier molecular flexibility index (Phi) is 6.42. The molecule has 26 heavy (non-hydrogen) atoms. The highest BCUT2D eigenvalue weighted by Gasteiger charge is 2.45. The maximum atomic E-state index is 13.3. The highest BCUT2D eigenvalue weighted by Crippen LogP contribution is 2.40. The van der Waals surface area contributed by atoms with E-state index < -0.39 is 17.2 Å². The number of nitrogens with zero attached hydrogens (tertiary/aromatic N) is 1. The third-order valence-corrected chi connectivity index (χ3v) is 6.05. The molecule has 150 valence electrons. The quantitative estimate of drug-likeness (QED) is 0.788. The summed E-state index contributed by atoms with van der Waals surface area (Å²) in [6.07, 6.45) is 5.61. The van der Waals surface area contributed by atoms with Crippen molar-refractivity contribution in [2.24, 2.45) is 5.41 Å². The molecular formula is C21H38N2O3. The Bertz CT molecular complexity index is 508. The summed E-state index contributed by atoms with van der Waals surface area (Å²) in [5, 5.41) is 2.96. The van der Waals surface area contributed by atoms with Crippen molar-refractivity contribution < 1.29 is 14.3 Å². The third kappa shape index (κ3) is 5.45. The molecule has 2 fully saturated rings. The van der Waals surface area contributed by atoms with E-state index in [1.54, 1.807) is 0 Å². The molecule has 0 spiro atoms. The van der Waals surface area contributed by atoms with Crippen LogP contribution in [0.15, 0.2) is 0 Å². The number of nitrogens with one attached hydrogen (secondary N) is 1. The predicted molar refractivity (Wildman–Crippen MR) is 104 cm³/mol. The lowest BCUT2D eigenvalue weighted by molar-refractivity contribution is -0.128. The third-order valence-electron chi connectivity index (χ3n) is 6.05. The molecule has 1 amide bonds. The van der Waals surface area contributed by atoms with Gasteiger partial charge in [-0.15, -0.1) is 0 Å². The van der Waals surface area contributed by atoms with Crippen molar-refractivity contribution in [3.05, 3.63) is 0 Å². The summed E-state index contributed by atoms with van der Waals surface area (Å²) in [5.41, 5.74) is -1.24. The van der Waals surface area contributed by atoms with E-state index in [0.29, 0.717) is 12.5 Å². The summed E-state index contributed by atoms with van der Waals surface area (Å²) < 4.78 is 5.42. The second kappa shape index (κ2) is 7.87. The Morgan fingerprint density at radius 1 is 1.08 bits per heavy atom. The van der Waals surface area contributed by atoms with Crippen LogP contribution in [0.5, 0.6) is 0 Å². The second-order valence-corrected chi connectivity index (χ2v) is 9.96. The van der Waals surface area contributed by atoms with Crippen molar-refractivity contribution in [2.75, 3.05) is 13.1 Å². The lowest BCUT2D eigenvalue weighted by Gasteiger charge is -2.42. The second-order valence-electron chi connectivity index (χ2n) is 9.96. The summed E-state index contributed by atoms with van der Waals surface area (Å²) in [6.45, 7) is 14.3. The average Bonchev–Trinajstić information content (AvgIpc) is 2.95. The fraction of sp³-hybridized carbons (Fsp3) is 0.905. The minimum absolute atomic E-state index is 0.0354. The Labute approximate surface area is 159 Å². The van der Waals surface area contributed by atoms with E-state index in [2.05, 4.69) is 31.0 Å². The minimum Gasteiger partial charge on any atom is -0.444 e. The van der Waals surface area contributed by atoms with Crippen LogP contribution >= 0.6 is 0 Å². The molecule has 0 bridgehead atoms. The van der Waals surface area contributed by atoms with Gasteiger partial charge in [-0.3, -0.25) is 4.79 Å². The molecule has 2 rings (SSSR count). The molecule has 0 aromatic rings. The van der Waals surface area contributed by atoms with Crippen molar-refractivity contribution >= 4 is 11.9 Å². The summed E-state index contributed by atoms with van der Waals surface area (Å²) in [4.78, 5) is 28.1. The smallest absolute Gasteiger partial charge is 0.408 e. The molecule has 5 nitrogen and oxygen atoms in total. The monoisotopic (exact) mass is 366 g/mol. The predicted octanol–water partition coefficient (Wildman–Crippen LogP) is 4.29. The molecule has 0 atom stereocenters. The number of likely N-dealkylation sites (tertiary alicyclic amines) is 1. The first kappa shape index (κ1) is 21.2. The van der Waals surface area contributed by atoms with E-state index in [1.807, 2.05) is 20.8 Å². The molecule has 1 saturated heterocycles. The van der Waals surface area contributed by atoms with Crippen LogP contribution in [0.2, 0.25) is 0 Å². The van der Waals surface area contributed by atoms with Crippen LogP contribution in [0, 0.1) is 5.41 Å². The summed E-state index contributed by atoms with van der Waals surface area (Å²) >= 11 is 0. The zero-order valence-corrected chi connectivity index (χ0v) is 17.6. The van der Waals surface area contributed by atoms with Crippen LogP contribution in [0.3, 0.4) is 0 Å². The molecule has 1 aliphatic carbocycles. The van der Waals surface area contributed by atoms with Crippen molar-refractivity contribution in [2.45, 2.75) is 104 Å². The highest BCUT2D eigenvalue weighted by molar-refractivity contribution is 5.92. The number of hydrogen-bond donors (Lipinski definition) is 1. The number of piperidine rings is 1. The lowest BCUT2D eigenvalue weighted by Crippen LogP contribution is -2.55. The first-order valence-electron chi connectivity index (χ1n) is 10.2. The molecule has 0 radical (unpaired) electrons. The highest BCUT2D eigenvalue weighted by atomic mass is 16.6. The van der Waals surface area contributed by atoms with E-state index in [0.717, 1.165) is 51.6 Å². The fourth-order valence-electron chi connectivity index (χ4n) is 4.26. The van der Waals surface area contributed by atoms with E-state index in [9.17, 15) is 9.59 Å². The van der Waals surface area contributed by atoms with E-state index in [1.165, 1.54) is 0 Å². The van der Waals surface area contributed by atoms with Crippen LogP contribution in [-0.2, 0) is 9.53 Å². The van der Waals surface area contributed by atoms with E-state index >= 15 is 0 Å². The van der Waals surface area contributed by atoms with Gasteiger partial charge in [-0.25, -0.2) is 4.79 Å². The molecule has 0 aromatic carbocycles. The van der Waals surface area contributed by atoms with Crippen LogP contribution in [0.4, 0.5) is 4.79 Å². The van der Waals surface area contributed by atoms with Gasteiger partial charge in [0.1, 0.15) is 11.1 Å². The van der Waals surface area contributed by atoms with Gasteiger partial charge >= 0.3 is 6.09 Å². The molecule has 2 aliphatic rings. The average molecular weight is 367 g/mol. The Hall–Kier alpha value is -1.10. The summed E-state index contributed by atoms with van der Waals surface area (Å²) in [7, 11) is 0. The fourth-order valence-corrected chi connectivity index (χ4v) is 4.26. The molecule has 0 unspecified atom stereocenters.